The van der Waals surface area contributed by atoms with Gasteiger partial charge in [0, 0.05) is 25.1 Å². The summed E-state index contributed by atoms with van der Waals surface area (Å²) in [6.07, 6.45) is 6.29. The zero-order chi connectivity index (χ0) is 13.1. The van der Waals surface area contributed by atoms with Crippen LogP contribution < -0.4 is 0 Å². The quantitative estimate of drug-likeness (QED) is 0.833. The monoisotopic (exact) mass is 248 g/mol. The lowest BCUT2D eigenvalue weighted by molar-refractivity contribution is -0.136. The molecule has 1 aromatic heterocycles. The third-order valence-electron chi connectivity index (χ3n) is 3.57. The van der Waals surface area contributed by atoms with E-state index in [0.717, 1.165) is 25.0 Å². The summed E-state index contributed by atoms with van der Waals surface area (Å²) in [5, 5.41) is 13.1. The van der Waals surface area contributed by atoms with E-state index in [9.17, 15) is 4.79 Å². The molecule has 4 heteroatoms. The Labute approximate surface area is 107 Å². The van der Waals surface area contributed by atoms with Crippen LogP contribution in [-0.2, 0) is 11.8 Å². The molecule has 0 aromatic carbocycles. The molecule has 0 saturated carbocycles. The second kappa shape index (κ2) is 5.38. The third-order valence-corrected chi connectivity index (χ3v) is 3.57. The van der Waals surface area contributed by atoms with E-state index in [-0.39, 0.29) is 6.42 Å². The lowest BCUT2D eigenvalue weighted by Gasteiger charge is -2.22. The predicted octanol–water partition coefficient (Wildman–Crippen LogP) is 2.79. The fraction of sp³-hybridized carbons (Fsp3) is 0.571. The molecule has 1 heterocycles. The third kappa shape index (κ3) is 3.00. The van der Waals surface area contributed by atoms with Gasteiger partial charge in [-0.3, -0.25) is 9.48 Å². The second-order valence-corrected chi connectivity index (χ2v) is 5.07. The Morgan fingerprint density at radius 2 is 2.39 bits per heavy atom. The molecule has 0 fully saturated rings. The van der Waals surface area contributed by atoms with Gasteiger partial charge in [-0.1, -0.05) is 11.6 Å². The number of nitrogens with zero attached hydrogens (tertiary/aromatic N) is 2. The van der Waals surface area contributed by atoms with Crippen LogP contribution in [0.25, 0.3) is 0 Å². The van der Waals surface area contributed by atoms with Crippen LogP contribution in [0.3, 0.4) is 0 Å². The number of aryl methyl sites for hydroxylation is 2. The van der Waals surface area contributed by atoms with Crippen molar-refractivity contribution in [3.8, 4) is 0 Å². The van der Waals surface area contributed by atoms with E-state index in [0.29, 0.717) is 12.3 Å². The van der Waals surface area contributed by atoms with Crippen molar-refractivity contribution in [2.45, 2.75) is 44.9 Å². The molecule has 98 valence electrons. The summed E-state index contributed by atoms with van der Waals surface area (Å²) < 4.78 is 1.96. The van der Waals surface area contributed by atoms with E-state index in [1.54, 1.807) is 0 Å². The second-order valence-electron chi connectivity index (χ2n) is 5.07. The number of hydrogen-bond donors (Lipinski definition) is 1. The fourth-order valence-corrected chi connectivity index (χ4v) is 2.73. The summed E-state index contributed by atoms with van der Waals surface area (Å²) in [6, 6.07) is 2.14. The summed E-state index contributed by atoms with van der Waals surface area (Å²) >= 11 is 0. The minimum absolute atomic E-state index is 0.239. The number of carboxylic acid groups (broad SMARTS) is 1. The van der Waals surface area contributed by atoms with Crippen LogP contribution in [0.1, 0.15) is 49.4 Å². The normalized spacial score (nSPS) is 19.7. The van der Waals surface area contributed by atoms with Crippen molar-refractivity contribution in [1.82, 2.24) is 9.78 Å². The predicted molar refractivity (Wildman–Crippen MR) is 69.5 cm³/mol. The lowest BCUT2D eigenvalue weighted by atomic mass is 9.85. The molecule has 1 N–H and O–H groups in total. The van der Waals surface area contributed by atoms with Crippen LogP contribution in [0.15, 0.2) is 17.7 Å². The van der Waals surface area contributed by atoms with Crippen LogP contribution in [-0.4, -0.2) is 20.9 Å². The lowest BCUT2D eigenvalue weighted by Crippen LogP contribution is -2.10. The molecule has 18 heavy (non-hydrogen) atoms. The summed E-state index contributed by atoms with van der Waals surface area (Å²) in [4.78, 5) is 10.6. The van der Waals surface area contributed by atoms with Gasteiger partial charge < -0.3 is 5.11 Å². The van der Waals surface area contributed by atoms with Crippen LogP contribution in [0, 0.1) is 6.92 Å². The molecule has 1 aromatic rings. The first-order valence-electron chi connectivity index (χ1n) is 6.46. The molecule has 0 radical (unpaired) electrons. The van der Waals surface area contributed by atoms with Gasteiger partial charge in [0.2, 0.25) is 0 Å². The minimum Gasteiger partial charge on any atom is -0.481 e. The molecule has 4 nitrogen and oxygen atoms in total. The van der Waals surface area contributed by atoms with E-state index in [2.05, 4.69) is 17.2 Å². The number of hydrogen-bond acceptors (Lipinski definition) is 2. The fourth-order valence-electron chi connectivity index (χ4n) is 2.73. The van der Waals surface area contributed by atoms with Gasteiger partial charge in [0.25, 0.3) is 0 Å². The van der Waals surface area contributed by atoms with Gasteiger partial charge >= 0.3 is 5.97 Å². The van der Waals surface area contributed by atoms with Crippen LogP contribution in [0.5, 0.6) is 0 Å². The Morgan fingerprint density at radius 1 is 1.61 bits per heavy atom. The Hall–Kier alpha value is -1.58. The number of rotatable bonds is 4. The molecule has 1 aliphatic carbocycles. The number of allylic oxidation sites excluding steroid dienone is 2. The molecule has 2 rings (SSSR count). The molecule has 1 atom stereocenters. The minimum atomic E-state index is -0.714. The first-order chi connectivity index (χ1) is 8.56. The Bertz CT molecular complexity index is 474. The molecule has 0 saturated heterocycles. The van der Waals surface area contributed by atoms with E-state index in [4.69, 9.17) is 5.11 Å². The molecule has 1 aliphatic rings. The molecule has 0 aliphatic heterocycles. The van der Waals surface area contributed by atoms with Crippen molar-refractivity contribution < 1.29 is 9.90 Å². The molecule has 1 unspecified atom stereocenters. The van der Waals surface area contributed by atoms with Gasteiger partial charge in [0.15, 0.2) is 0 Å². The maximum absolute atomic E-state index is 10.6. The van der Waals surface area contributed by atoms with Gasteiger partial charge in [-0.05, 0) is 38.7 Å². The highest BCUT2D eigenvalue weighted by atomic mass is 16.4. The van der Waals surface area contributed by atoms with Crippen LogP contribution >= 0.6 is 0 Å². The average molecular weight is 248 g/mol. The maximum atomic E-state index is 10.6. The Kier molecular flexibility index (Phi) is 3.84. The zero-order valence-corrected chi connectivity index (χ0v) is 11.0. The highest BCUT2D eigenvalue weighted by molar-refractivity contribution is 5.67. The molecule has 0 spiro atoms. The standard InChI is InChI=1S/C14H20N2O2/c1-10-8-13(16(2)15-10)12-5-3-4-11(9-12)6-7-14(17)18/h4,8,12H,3,5-7,9H2,1-2H3,(H,17,18). The van der Waals surface area contributed by atoms with Gasteiger partial charge in [-0.15, -0.1) is 0 Å². The van der Waals surface area contributed by atoms with E-state index >= 15 is 0 Å². The van der Waals surface area contributed by atoms with E-state index in [1.807, 2.05) is 18.7 Å². The van der Waals surface area contributed by atoms with E-state index in [1.165, 1.54) is 11.3 Å². The van der Waals surface area contributed by atoms with Gasteiger partial charge in [0.05, 0.1) is 5.69 Å². The molecule has 0 bridgehead atoms. The summed E-state index contributed by atoms with van der Waals surface area (Å²) in [5.41, 5.74) is 3.61. The molecular formula is C14H20N2O2. The van der Waals surface area contributed by atoms with Crippen molar-refractivity contribution in [3.05, 3.63) is 29.1 Å². The van der Waals surface area contributed by atoms with Gasteiger partial charge in [-0.25, -0.2) is 0 Å². The topological polar surface area (TPSA) is 55.1 Å². The molecule has 0 amide bonds. The summed E-state index contributed by atoms with van der Waals surface area (Å²) in [6.45, 7) is 2.01. The van der Waals surface area contributed by atoms with Crippen molar-refractivity contribution in [2.75, 3.05) is 0 Å². The van der Waals surface area contributed by atoms with Crippen molar-refractivity contribution in [3.63, 3.8) is 0 Å². The zero-order valence-electron chi connectivity index (χ0n) is 11.0. The smallest absolute Gasteiger partial charge is 0.303 e. The first kappa shape index (κ1) is 12.9. The molecular weight excluding hydrogens is 228 g/mol. The number of carboxylic acids is 1. The van der Waals surface area contributed by atoms with Gasteiger partial charge in [-0.2, -0.15) is 5.10 Å². The van der Waals surface area contributed by atoms with Crippen molar-refractivity contribution >= 4 is 5.97 Å². The highest BCUT2D eigenvalue weighted by Crippen LogP contribution is 2.34. The number of aliphatic carboxylic acids is 1. The van der Waals surface area contributed by atoms with Crippen LogP contribution in [0.4, 0.5) is 0 Å². The van der Waals surface area contributed by atoms with Gasteiger partial charge in [0.1, 0.15) is 0 Å². The highest BCUT2D eigenvalue weighted by Gasteiger charge is 2.20. The van der Waals surface area contributed by atoms with Crippen molar-refractivity contribution in [1.29, 1.82) is 0 Å². The maximum Gasteiger partial charge on any atom is 0.303 e. The summed E-state index contributed by atoms with van der Waals surface area (Å²) in [5.74, 6) is -0.223. The Morgan fingerprint density at radius 3 is 3.00 bits per heavy atom. The van der Waals surface area contributed by atoms with E-state index < -0.39 is 5.97 Å². The van der Waals surface area contributed by atoms with Crippen LogP contribution in [0.2, 0.25) is 0 Å². The average Bonchev–Trinajstić information content (AvgIpc) is 2.66. The largest absolute Gasteiger partial charge is 0.481 e. The van der Waals surface area contributed by atoms with Crippen molar-refractivity contribution in [2.24, 2.45) is 7.05 Å². The number of carbonyl (C=O) groups is 1. The first-order valence-corrected chi connectivity index (χ1v) is 6.46. The SMILES string of the molecule is Cc1cc(C2CCC=C(CCC(=O)O)C2)n(C)n1. The Balaban J connectivity index is 2.03. The summed E-state index contributed by atoms with van der Waals surface area (Å²) in [7, 11) is 1.98. The number of aromatic nitrogens is 2.